The molecule has 0 spiro atoms. The van der Waals surface area contributed by atoms with Crippen LogP contribution in [0.4, 0.5) is 0 Å². The van der Waals surface area contributed by atoms with E-state index in [0.717, 1.165) is 6.54 Å². The molecule has 1 aliphatic carbocycles. The minimum Gasteiger partial charge on any atom is -0.465 e. The zero-order valence-electron chi connectivity index (χ0n) is 10.8. The molecular formula is C13H25NO2. The summed E-state index contributed by atoms with van der Waals surface area (Å²) in [6, 6.07) is -0.182. The molecule has 0 bridgehead atoms. The monoisotopic (exact) mass is 227 g/mol. The van der Waals surface area contributed by atoms with Crippen molar-refractivity contribution in [1.29, 1.82) is 0 Å². The summed E-state index contributed by atoms with van der Waals surface area (Å²) < 4.78 is 4.98. The second kappa shape index (κ2) is 6.24. The zero-order chi connectivity index (χ0) is 12.0. The Hall–Kier alpha value is -0.570. The van der Waals surface area contributed by atoms with E-state index in [2.05, 4.69) is 12.2 Å². The van der Waals surface area contributed by atoms with Gasteiger partial charge in [0.25, 0.3) is 0 Å². The fourth-order valence-corrected chi connectivity index (χ4v) is 2.33. The average Bonchev–Trinajstić information content (AvgIpc) is 2.27. The molecule has 1 unspecified atom stereocenters. The van der Waals surface area contributed by atoms with E-state index in [9.17, 15) is 4.79 Å². The molecule has 0 aliphatic heterocycles. The Morgan fingerprint density at radius 1 is 1.38 bits per heavy atom. The van der Waals surface area contributed by atoms with Crippen molar-refractivity contribution in [2.75, 3.05) is 13.2 Å². The highest BCUT2D eigenvalue weighted by Gasteiger charge is 2.27. The largest absolute Gasteiger partial charge is 0.465 e. The first kappa shape index (κ1) is 13.5. The molecular weight excluding hydrogens is 202 g/mol. The lowest BCUT2D eigenvalue weighted by molar-refractivity contribution is -0.145. The second-order valence-electron chi connectivity index (χ2n) is 5.23. The van der Waals surface area contributed by atoms with Gasteiger partial charge in [-0.05, 0) is 32.1 Å². The Morgan fingerprint density at radius 3 is 2.56 bits per heavy atom. The third-order valence-electron chi connectivity index (χ3n) is 3.54. The molecule has 1 aliphatic rings. The molecule has 0 aromatic heterocycles. The number of nitrogens with one attached hydrogen (secondary N) is 1. The Kier molecular flexibility index (Phi) is 5.26. The molecule has 1 saturated carbocycles. The van der Waals surface area contributed by atoms with Gasteiger partial charge in [0, 0.05) is 6.54 Å². The Bertz CT molecular complexity index is 222. The van der Waals surface area contributed by atoms with E-state index in [-0.39, 0.29) is 12.0 Å². The summed E-state index contributed by atoms with van der Waals surface area (Å²) in [5.41, 5.74) is 0.374. The number of carbonyl (C=O) groups is 1. The Labute approximate surface area is 98.9 Å². The van der Waals surface area contributed by atoms with Crippen LogP contribution in [0.25, 0.3) is 0 Å². The van der Waals surface area contributed by atoms with E-state index >= 15 is 0 Å². The van der Waals surface area contributed by atoms with E-state index < -0.39 is 0 Å². The summed E-state index contributed by atoms with van der Waals surface area (Å²) >= 11 is 0. The van der Waals surface area contributed by atoms with Gasteiger partial charge in [-0.15, -0.1) is 0 Å². The SMILES string of the molecule is CCOC(=O)C(C)NCC1(C)CCCCC1. The molecule has 1 rings (SSSR count). The van der Waals surface area contributed by atoms with Gasteiger partial charge in [-0.25, -0.2) is 0 Å². The molecule has 0 radical (unpaired) electrons. The van der Waals surface area contributed by atoms with Crippen molar-refractivity contribution in [1.82, 2.24) is 5.32 Å². The zero-order valence-corrected chi connectivity index (χ0v) is 10.8. The summed E-state index contributed by atoms with van der Waals surface area (Å²) in [6.45, 7) is 7.42. The number of hydrogen-bond donors (Lipinski definition) is 1. The van der Waals surface area contributed by atoms with Crippen LogP contribution in [0.5, 0.6) is 0 Å². The van der Waals surface area contributed by atoms with Gasteiger partial charge in [0.05, 0.1) is 6.61 Å². The Morgan fingerprint density at radius 2 is 2.00 bits per heavy atom. The molecule has 1 atom stereocenters. The molecule has 0 saturated heterocycles. The molecule has 0 aromatic rings. The maximum absolute atomic E-state index is 11.4. The van der Waals surface area contributed by atoms with Gasteiger partial charge in [0.1, 0.15) is 6.04 Å². The van der Waals surface area contributed by atoms with Gasteiger partial charge in [-0.3, -0.25) is 4.79 Å². The number of carbonyl (C=O) groups excluding carboxylic acids is 1. The van der Waals surface area contributed by atoms with Crippen molar-refractivity contribution in [3.8, 4) is 0 Å². The molecule has 0 heterocycles. The van der Waals surface area contributed by atoms with E-state index in [1.54, 1.807) is 0 Å². The lowest BCUT2D eigenvalue weighted by Crippen LogP contribution is -2.42. The second-order valence-corrected chi connectivity index (χ2v) is 5.23. The van der Waals surface area contributed by atoms with Crippen LogP contribution >= 0.6 is 0 Å². The third kappa shape index (κ3) is 4.12. The predicted octanol–water partition coefficient (Wildman–Crippen LogP) is 2.50. The first-order valence-electron chi connectivity index (χ1n) is 6.47. The predicted molar refractivity (Wildman–Crippen MR) is 65.3 cm³/mol. The molecule has 0 aromatic carbocycles. The topological polar surface area (TPSA) is 38.3 Å². The van der Waals surface area contributed by atoms with Crippen molar-refractivity contribution in [3.05, 3.63) is 0 Å². The maximum Gasteiger partial charge on any atom is 0.322 e. The molecule has 1 N–H and O–H groups in total. The summed E-state index contributed by atoms with van der Waals surface area (Å²) in [4.78, 5) is 11.4. The fourth-order valence-electron chi connectivity index (χ4n) is 2.33. The average molecular weight is 227 g/mol. The molecule has 16 heavy (non-hydrogen) atoms. The van der Waals surface area contributed by atoms with Crippen LogP contribution in [0.3, 0.4) is 0 Å². The number of rotatable bonds is 5. The van der Waals surface area contributed by atoms with E-state index in [1.165, 1.54) is 32.1 Å². The maximum atomic E-state index is 11.4. The number of esters is 1. The van der Waals surface area contributed by atoms with Crippen LogP contribution in [-0.2, 0) is 9.53 Å². The van der Waals surface area contributed by atoms with Gasteiger partial charge >= 0.3 is 5.97 Å². The number of ether oxygens (including phenoxy) is 1. The molecule has 94 valence electrons. The summed E-state index contributed by atoms with van der Waals surface area (Å²) in [7, 11) is 0. The van der Waals surface area contributed by atoms with Crippen LogP contribution in [0.2, 0.25) is 0 Å². The van der Waals surface area contributed by atoms with Crippen molar-refractivity contribution < 1.29 is 9.53 Å². The fraction of sp³-hybridized carbons (Fsp3) is 0.923. The number of hydrogen-bond acceptors (Lipinski definition) is 3. The Balaban J connectivity index is 2.29. The first-order chi connectivity index (χ1) is 7.57. The molecule has 3 heteroatoms. The van der Waals surface area contributed by atoms with E-state index in [0.29, 0.717) is 12.0 Å². The summed E-state index contributed by atoms with van der Waals surface area (Å²) in [5.74, 6) is -0.137. The molecule has 3 nitrogen and oxygen atoms in total. The van der Waals surface area contributed by atoms with Gasteiger partial charge in [-0.2, -0.15) is 0 Å². The lowest BCUT2D eigenvalue weighted by Gasteiger charge is -2.34. The third-order valence-corrected chi connectivity index (χ3v) is 3.54. The van der Waals surface area contributed by atoms with Gasteiger partial charge < -0.3 is 10.1 Å². The van der Waals surface area contributed by atoms with Crippen molar-refractivity contribution in [2.45, 2.75) is 58.9 Å². The highest BCUT2D eigenvalue weighted by atomic mass is 16.5. The van der Waals surface area contributed by atoms with E-state index in [1.807, 2.05) is 13.8 Å². The van der Waals surface area contributed by atoms with Crippen LogP contribution in [0.1, 0.15) is 52.9 Å². The van der Waals surface area contributed by atoms with Crippen LogP contribution in [0, 0.1) is 5.41 Å². The quantitative estimate of drug-likeness (QED) is 0.733. The van der Waals surface area contributed by atoms with Gasteiger partial charge in [0.2, 0.25) is 0 Å². The van der Waals surface area contributed by atoms with E-state index in [4.69, 9.17) is 4.74 Å². The minimum atomic E-state index is -0.182. The minimum absolute atomic E-state index is 0.137. The molecule has 1 fully saturated rings. The van der Waals surface area contributed by atoms with Crippen molar-refractivity contribution in [2.24, 2.45) is 5.41 Å². The lowest BCUT2D eigenvalue weighted by atomic mass is 9.75. The molecule has 0 amide bonds. The van der Waals surface area contributed by atoms with Crippen molar-refractivity contribution >= 4 is 5.97 Å². The highest BCUT2D eigenvalue weighted by molar-refractivity contribution is 5.75. The van der Waals surface area contributed by atoms with Crippen LogP contribution < -0.4 is 5.32 Å². The summed E-state index contributed by atoms with van der Waals surface area (Å²) in [6.07, 6.45) is 6.56. The van der Waals surface area contributed by atoms with Crippen molar-refractivity contribution in [3.63, 3.8) is 0 Å². The normalized spacial score (nSPS) is 21.4. The van der Waals surface area contributed by atoms with Crippen LogP contribution in [0.15, 0.2) is 0 Å². The standard InChI is InChI=1S/C13H25NO2/c1-4-16-12(15)11(2)14-10-13(3)8-6-5-7-9-13/h11,14H,4-10H2,1-3H3. The van der Waals surface area contributed by atoms with Gasteiger partial charge in [0.15, 0.2) is 0 Å². The van der Waals surface area contributed by atoms with Crippen LogP contribution in [-0.4, -0.2) is 25.2 Å². The summed E-state index contributed by atoms with van der Waals surface area (Å²) in [5, 5.41) is 3.30. The van der Waals surface area contributed by atoms with Gasteiger partial charge in [-0.1, -0.05) is 26.2 Å². The smallest absolute Gasteiger partial charge is 0.322 e. The first-order valence-corrected chi connectivity index (χ1v) is 6.47. The highest BCUT2D eigenvalue weighted by Crippen LogP contribution is 2.34.